The van der Waals surface area contributed by atoms with Gasteiger partial charge in [-0.3, -0.25) is 14.4 Å². The Kier molecular flexibility index (Phi) is 5.31. The minimum atomic E-state index is -0.434. The predicted octanol–water partition coefficient (Wildman–Crippen LogP) is 2.89. The van der Waals surface area contributed by atoms with Crippen molar-refractivity contribution in [2.75, 3.05) is 5.32 Å². The molecule has 0 atom stereocenters. The molecule has 0 bridgehead atoms. The second kappa shape index (κ2) is 7.82. The maximum absolute atomic E-state index is 12.2. The van der Waals surface area contributed by atoms with Gasteiger partial charge in [-0.1, -0.05) is 18.2 Å². The summed E-state index contributed by atoms with van der Waals surface area (Å²) in [4.78, 5) is 35.0. The predicted molar refractivity (Wildman–Crippen MR) is 96.7 cm³/mol. The Bertz CT molecular complexity index is 826. The first-order valence-electron chi connectivity index (χ1n) is 8.48. The van der Waals surface area contributed by atoms with Crippen molar-refractivity contribution in [3.8, 4) is 5.75 Å². The minimum absolute atomic E-state index is 0.0683. The van der Waals surface area contributed by atoms with E-state index in [1.54, 1.807) is 18.2 Å². The summed E-state index contributed by atoms with van der Waals surface area (Å²) in [7, 11) is 0. The zero-order valence-corrected chi connectivity index (χ0v) is 14.5. The lowest BCUT2D eigenvalue weighted by atomic mass is 10.1. The van der Waals surface area contributed by atoms with E-state index in [4.69, 9.17) is 4.74 Å². The van der Waals surface area contributed by atoms with E-state index in [2.05, 4.69) is 10.6 Å². The maximum atomic E-state index is 12.2. The fraction of sp³-hybridized carbons (Fsp3) is 0.250. The van der Waals surface area contributed by atoms with Crippen LogP contribution in [0.25, 0.3) is 0 Å². The Morgan fingerprint density at radius 2 is 1.81 bits per heavy atom. The lowest BCUT2D eigenvalue weighted by Crippen LogP contribution is -2.22. The molecule has 2 aromatic rings. The van der Waals surface area contributed by atoms with E-state index in [1.807, 2.05) is 24.3 Å². The molecule has 1 aliphatic carbocycles. The third-order valence-corrected chi connectivity index (χ3v) is 3.98. The lowest BCUT2D eigenvalue weighted by Gasteiger charge is -2.08. The van der Waals surface area contributed by atoms with Gasteiger partial charge in [0.1, 0.15) is 5.75 Å². The standard InChI is InChI=1S/C20H20N2O4/c1-13(23)26-18-4-2-3-16(11-18)19(24)21-12-14-5-9-17(10-6-14)22-20(25)15-7-8-15/h2-6,9-11,15H,7-8,12H2,1H3,(H,21,24)(H,22,25). The van der Waals surface area contributed by atoms with Crippen molar-refractivity contribution < 1.29 is 19.1 Å². The van der Waals surface area contributed by atoms with Gasteiger partial charge < -0.3 is 15.4 Å². The molecule has 2 aromatic carbocycles. The Labute approximate surface area is 151 Å². The third-order valence-electron chi connectivity index (χ3n) is 3.98. The van der Waals surface area contributed by atoms with E-state index < -0.39 is 5.97 Å². The molecule has 0 saturated heterocycles. The first kappa shape index (κ1) is 17.7. The summed E-state index contributed by atoms with van der Waals surface area (Å²) < 4.78 is 4.98. The second-order valence-electron chi connectivity index (χ2n) is 6.26. The molecule has 1 fully saturated rings. The van der Waals surface area contributed by atoms with E-state index in [1.165, 1.54) is 13.0 Å². The van der Waals surface area contributed by atoms with Gasteiger partial charge in [-0.05, 0) is 48.7 Å². The van der Waals surface area contributed by atoms with Crippen LogP contribution in [-0.2, 0) is 16.1 Å². The summed E-state index contributed by atoms with van der Waals surface area (Å²) in [5, 5.41) is 5.69. The number of ether oxygens (including phenoxy) is 1. The van der Waals surface area contributed by atoms with Crippen molar-refractivity contribution in [3.63, 3.8) is 0 Å². The Morgan fingerprint density at radius 1 is 1.08 bits per heavy atom. The molecule has 26 heavy (non-hydrogen) atoms. The number of hydrogen-bond acceptors (Lipinski definition) is 4. The number of hydrogen-bond donors (Lipinski definition) is 2. The van der Waals surface area contributed by atoms with Crippen LogP contribution in [0, 0.1) is 5.92 Å². The number of benzene rings is 2. The quantitative estimate of drug-likeness (QED) is 0.618. The van der Waals surface area contributed by atoms with Gasteiger partial charge in [0.2, 0.25) is 5.91 Å². The smallest absolute Gasteiger partial charge is 0.308 e. The molecule has 0 radical (unpaired) electrons. The maximum Gasteiger partial charge on any atom is 0.308 e. The molecular weight excluding hydrogens is 332 g/mol. The largest absolute Gasteiger partial charge is 0.427 e. The molecule has 0 unspecified atom stereocenters. The van der Waals surface area contributed by atoms with Crippen LogP contribution in [0.1, 0.15) is 35.7 Å². The minimum Gasteiger partial charge on any atom is -0.427 e. The van der Waals surface area contributed by atoms with Crippen molar-refractivity contribution in [3.05, 3.63) is 59.7 Å². The summed E-state index contributed by atoms with van der Waals surface area (Å²) in [5.41, 5.74) is 2.09. The zero-order valence-electron chi connectivity index (χ0n) is 14.5. The molecule has 6 heteroatoms. The molecule has 2 amide bonds. The average molecular weight is 352 g/mol. The van der Waals surface area contributed by atoms with Crippen LogP contribution >= 0.6 is 0 Å². The molecule has 6 nitrogen and oxygen atoms in total. The Hall–Kier alpha value is -3.15. The molecule has 0 aliphatic heterocycles. The van der Waals surface area contributed by atoms with Crippen LogP contribution in [0.2, 0.25) is 0 Å². The Balaban J connectivity index is 1.54. The van der Waals surface area contributed by atoms with Gasteiger partial charge in [0, 0.05) is 30.6 Å². The molecule has 0 heterocycles. The van der Waals surface area contributed by atoms with E-state index in [9.17, 15) is 14.4 Å². The van der Waals surface area contributed by atoms with Crippen LogP contribution in [0.4, 0.5) is 5.69 Å². The van der Waals surface area contributed by atoms with Gasteiger partial charge in [-0.2, -0.15) is 0 Å². The molecular formula is C20H20N2O4. The summed E-state index contributed by atoms with van der Waals surface area (Å²) in [5.74, 6) is -0.127. The number of anilines is 1. The molecule has 1 aliphatic rings. The van der Waals surface area contributed by atoms with Crippen molar-refractivity contribution in [2.45, 2.75) is 26.3 Å². The van der Waals surface area contributed by atoms with Gasteiger partial charge in [0.25, 0.3) is 5.91 Å². The van der Waals surface area contributed by atoms with Crippen LogP contribution in [0.3, 0.4) is 0 Å². The number of amides is 2. The summed E-state index contributed by atoms with van der Waals surface area (Å²) in [6.07, 6.45) is 1.93. The fourth-order valence-corrected chi connectivity index (χ4v) is 2.45. The SMILES string of the molecule is CC(=O)Oc1cccc(C(=O)NCc2ccc(NC(=O)C3CC3)cc2)c1. The van der Waals surface area contributed by atoms with Gasteiger partial charge in [0.15, 0.2) is 0 Å². The molecule has 1 saturated carbocycles. The van der Waals surface area contributed by atoms with E-state index in [-0.39, 0.29) is 17.7 Å². The van der Waals surface area contributed by atoms with Crippen molar-refractivity contribution in [1.82, 2.24) is 5.32 Å². The summed E-state index contributed by atoms with van der Waals surface area (Å²) >= 11 is 0. The summed E-state index contributed by atoms with van der Waals surface area (Å²) in [6, 6.07) is 13.8. The van der Waals surface area contributed by atoms with Crippen LogP contribution in [0.15, 0.2) is 48.5 Å². The number of carbonyl (C=O) groups excluding carboxylic acids is 3. The van der Waals surface area contributed by atoms with Gasteiger partial charge in [0.05, 0.1) is 0 Å². The van der Waals surface area contributed by atoms with Crippen molar-refractivity contribution in [1.29, 1.82) is 0 Å². The molecule has 134 valence electrons. The van der Waals surface area contributed by atoms with Gasteiger partial charge in [-0.25, -0.2) is 0 Å². The first-order valence-corrected chi connectivity index (χ1v) is 8.48. The number of nitrogens with one attached hydrogen (secondary N) is 2. The highest BCUT2D eigenvalue weighted by atomic mass is 16.5. The highest BCUT2D eigenvalue weighted by Crippen LogP contribution is 2.30. The molecule has 3 rings (SSSR count). The zero-order chi connectivity index (χ0) is 18.5. The van der Waals surface area contributed by atoms with Crippen molar-refractivity contribution >= 4 is 23.5 Å². The topological polar surface area (TPSA) is 84.5 Å². The number of carbonyl (C=O) groups is 3. The molecule has 0 aromatic heterocycles. The van der Waals surface area contributed by atoms with Gasteiger partial charge in [-0.15, -0.1) is 0 Å². The monoisotopic (exact) mass is 352 g/mol. The normalized spacial score (nSPS) is 13.0. The van der Waals surface area contributed by atoms with Gasteiger partial charge >= 0.3 is 5.97 Å². The van der Waals surface area contributed by atoms with Crippen LogP contribution in [0.5, 0.6) is 5.75 Å². The fourth-order valence-electron chi connectivity index (χ4n) is 2.45. The second-order valence-corrected chi connectivity index (χ2v) is 6.26. The Morgan fingerprint density at radius 3 is 2.46 bits per heavy atom. The van der Waals surface area contributed by atoms with Crippen LogP contribution in [-0.4, -0.2) is 17.8 Å². The first-order chi connectivity index (χ1) is 12.5. The average Bonchev–Trinajstić information content (AvgIpc) is 3.46. The lowest BCUT2D eigenvalue weighted by molar-refractivity contribution is -0.131. The number of esters is 1. The van der Waals surface area contributed by atoms with E-state index >= 15 is 0 Å². The van der Waals surface area contributed by atoms with E-state index in [0.717, 1.165) is 24.1 Å². The van der Waals surface area contributed by atoms with E-state index in [0.29, 0.717) is 17.9 Å². The highest BCUT2D eigenvalue weighted by molar-refractivity contribution is 5.95. The summed E-state index contributed by atoms with van der Waals surface area (Å²) in [6.45, 7) is 1.66. The van der Waals surface area contributed by atoms with Crippen LogP contribution < -0.4 is 15.4 Å². The highest BCUT2D eigenvalue weighted by Gasteiger charge is 2.29. The van der Waals surface area contributed by atoms with Crippen molar-refractivity contribution in [2.24, 2.45) is 5.92 Å². The number of rotatable bonds is 6. The third kappa shape index (κ3) is 4.92. The molecule has 0 spiro atoms. The molecule has 2 N–H and O–H groups in total.